The molecule has 4 nitrogen and oxygen atoms in total. The maximum absolute atomic E-state index is 12.3. The summed E-state index contributed by atoms with van der Waals surface area (Å²) in [6.45, 7) is 7.16. The molecule has 2 rings (SSSR count). The van der Waals surface area contributed by atoms with Crippen molar-refractivity contribution in [3.63, 3.8) is 0 Å². The number of carbonyl (C=O) groups is 1. The molecule has 1 aromatic rings. The lowest BCUT2D eigenvalue weighted by atomic mass is 10.1. The highest BCUT2D eigenvalue weighted by Gasteiger charge is 2.18. The molecule has 3 N–H and O–H groups in total. The number of nitrogens with zero attached hydrogens (tertiary/aromatic N) is 1. The molecule has 104 valence electrons. The molecule has 1 aromatic carbocycles. The van der Waals surface area contributed by atoms with Gasteiger partial charge >= 0.3 is 0 Å². The van der Waals surface area contributed by atoms with E-state index in [2.05, 4.69) is 10.2 Å². The maximum atomic E-state index is 12.3. The molecule has 1 unspecified atom stereocenters. The van der Waals surface area contributed by atoms with E-state index in [9.17, 15) is 4.79 Å². The Kier molecular flexibility index (Phi) is 4.43. The topological polar surface area (TPSA) is 58.4 Å². The van der Waals surface area contributed by atoms with E-state index in [-0.39, 0.29) is 11.9 Å². The van der Waals surface area contributed by atoms with Crippen LogP contribution in [0.1, 0.15) is 35.7 Å². The zero-order valence-electron chi connectivity index (χ0n) is 11.8. The summed E-state index contributed by atoms with van der Waals surface area (Å²) in [5, 5.41) is 3.04. The Morgan fingerprint density at radius 1 is 1.42 bits per heavy atom. The molecule has 0 spiro atoms. The molecule has 1 saturated heterocycles. The molecular formula is C15H23N3O. The summed E-state index contributed by atoms with van der Waals surface area (Å²) in [6, 6.07) is 5.70. The van der Waals surface area contributed by atoms with Crippen LogP contribution in [0.3, 0.4) is 0 Å². The number of likely N-dealkylation sites (tertiary alicyclic amines) is 1. The summed E-state index contributed by atoms with van der Waals surface area (Å²) in [5.74, 6) is -0.0673. The van der Waals surface area contributed by atoms with Crippen molar-refractivity contribution in [2.24, 2.45) is 0 Å². The summed E-state index contributed by atoms with van der Waals surface area (Å²) in [6.07, 6.45) is 2.54. The van der Waals surface area contributed by atoms with E-state index in [1.54, 1.807) is 6.07 Å². The number of anilines is 1. The number of benzene rings is 1. The van der Waals surface area contributed by atoms with Crippen LogP contribution < -0.4 is 11.1 Å². The van der Waals surface area contributed by atoms with Crippen LogP contribution in [-0.4, -0.2) is 36.5 Å². The van der Waals surface area contributed by atoms with Gasteiger partial charge in [0.2, 0.25) is 0 Å². The number of hydrogen-bond donors (Lipinski definition) is 2. The van der Waals surface area contributed by atoms with E-state index in [4.69, 9.17) is 5.73 Å². The molecule has 0 aliphatic carbocycles. The van der Waals surface area contributed by atoms with Gasteiger partial charge in [-0.25, -0.2) is 0 Å². The summed E-state index contributed by atoms with van der Waals surface area (Å²) < 4.78 is 0. The number of amides is 1. The Labute approximate surface area is 115 Å². The minimum absolute atomic E-state index is 0.0673. The lowest BCUT2D eigenvalue weighted by Crippen LogP contribution is -2.41. The number of carbonyl (C=O) groups excluding carboxylic acids is 1. The van der Waals surface area contributed by atoms with Gasteiger partial charge in [0, 0.05) is 18.3 Å². The van der Waals surface area contributed by atoms with Gasteiger partial charge in [0.05, 0.1) is 5.56 Å². The lowest BCUT2D eigenvalue weighted by Gasteiger charge is -2.21. The van der Waals surface area contributed by atoms with Crippen molar-refractivity contribution in [3.05, 3.63) is 29.3 Å². The van der Waals surface area contributed by atoms with Crippen LogP contribution in [0.2, 0.25) is 0 Å². The molecule has 1 aliphatic rings. The summed E-state index contributed by atoms with van der Waals surface area (Å²) in [5.41, 5.74) is 7.97. The van der Waals surface area contributed by atoms with Gasteiger partial charge in [0.25, 0.3) is 5.91 Å². The molecule has 1 fully saturated rings. The quantitative estimate of drug-likeness (QED) is 0.812. The number of nitrogens with one attached hydrogen (secondary N) is 1. The van der Waals surface area contributed by atoms with Crippen LogP contribution in [0.4, 0.5) is 5.69 Å². The normalized spacial score (nSPS) is 17.4. The van der Waals surface area contributed by atoms with Gasteiger partial charge in [0.1, 0.15) is 0 Å². The van der Waals surface area contributed by atoms with Crippen LogP contribution in [-0.2, 0) is 0 Å². The third-order valence-corrected chi connectivity index (χ3v) is 3.64. The summed E-state index contributed by atoms with van der Waals surface area (Å²) >= 11 is 0. The number of nitrogens with two attached hydrogens (primary N) is 1. The predicted molar refractivity (Wildman–Crippen MR) is 78.2 cm³/mol. The fourth-order valence-corrected chi connectivity index (χ4v) is 2.69. The maximum Gasteiger partial charge on any atom is 0.253 e. The van der Waals surface area contributed by atoms with Crippen molar-refractivity contribution in [2.75, 3.05) is 25.4 Å². The number of aryl methyl sites for hydroxylation is 1. The first-order chi connectivity index (χ1) is 9.08. The van der Waals surface area contributed by atoms with Crippen molar-refractivity contribution >= 4 is 11.6 Å². The van der Waals surface area contributed by atoms with Crippen molar-refractivity contribution in [3.8, 4) is 0 Å². The molecule has 1 amide bonds. The second-order valence-electron chi connectivity index (χ2n) is 5.42. The molecule has 19 heavy (non-hydrogen) atoms. The van der Waals surface area contributed by atoms with E-state index >= 15 is 0 Å². The lowest BCUT2D eigenvalue weighted by molar-refractivity contribution is 0.0932. The van der Waals surface area contributed by atoms with Gasteiger partial charge in [-0.05, 0) is 51.4 Å². The van der Waals surface area contributed by atoms with Crippen LogP contribution in [0.25, 0.3) is 0 Å². The first kappa shape index (κ1) is 13.9. The third kappa shape index (κ3) is 3.47. The number of hydrogen-bond acceptors (Lipinski definition) is 3. The molecule has 0 radical (unpaired) electrons. The highest BCUT2D eigenvalue weighted by molar-refractivity contribution is 6.00. The Bertz CT molecular complexity index is 432. The van der Waals surface area contributed by atoms with E-state index in [0.29, 0.717) is 11.3 Å². The van der Waals surface area contributed by atoms with E-state index in [1.807, 2.05) is 26.0 Å². The van der Waals surface area contributed by atoms with Crippen molar-refractivity contribution in [1.29, 1.82) is 0 Å². The van der Waals surface area contributed by atoms with Gasteiger partial charge in [-0.1, -0.05) is 12.1 Å². The van der Waals surface area contributed by atoms with Gasteiger partial charge in [-0.2, -0.15) is 0 Å². The second-order valence-corrected chi connectivity index (χ2v) is 5.42. The fourth-order valence-electron chi connectivity index (χ4n) is 2.69. The van der Waals surface area contributed by atoms with E-state index in [0.717, 1.165) is 25.2 Å². The smallest absolute Gasteiger partial charge is 0.253 e. The van der Waals surface area contributed by atoms with Crippen LogP contribution in [0.15, 0.2) is 18.2 Å². The van der Waals surface area contributed by atoms with Gasteiger partial charge in [0.15, 0.2) is 0 Å². The SMILES string of the molecule is Cc1cccc(N)c1C(=O)NC(C)CN1CCCC1. The van der Waals surface area contributed by atoms with Gasteiger partial charge in [-0.3, -0.25) is 4.79 Å². The average molecular weight is 261 g/mol. The molecule has 1 aliphatic heterocycles. The minimum atomic E-state index is -0.0673. The summed E-state index contributed by atoms with van der Waals surface area (Å²) in [7, 11) is 0. The van der Waals surface area contributed by atoms with Crippen LogP contribution in [0, 0.1) is 6.92 Å². The van der Waals surface area contributed by atoms with E-state index < -0.39 is 0 Å². The minimum Gasteiger partial charge on any atom is -0.398 e. The average Bonchev–Trinajstić information content (AvgIpc) is 2.81. The predicted octanol–water partition coefficient (Wildman–Crippen LogP) is 1.79. The largest absolute Gasteiger partial charge is 0.398 e. The monoisotopic (exact) mass is 261 g/mol. The molecule has 1 atom stereocenters. The molecule has 1 heterocycles. The van der Waals surface area contributed by atoms with Crippen molar-refractivity contribution < 1.29 is 4.79 Å². The molecule has 0 bridgehead atoms. The fraction of sp³-hybridized carbons (Fsp3) is 0.533. The second kappa shape index (κ2) is 6.06. The first-order valence-electron chi connectivity index (χ1n) is 6.96. The summed E-state index contributed by atoms with van der Waals surface area (Å²) in [4.78, 5) is 14.7. The molecule has 0 saturated carbocycles. The Hall–Kier alpha value is -1.55. The van der Waals surface area contributed by atoms with E-state index in [1.165, 1.54) is 12.8 Å². The van der Waals surface area contributed by atoms with Crippen LogP contribution in [0.5, 0.6) is 0 Å². The third-order valence-electron chi connectivity index (χ3n) is 3.64. The zero-order valence-corrected chi connectivity index (χ0v) is 11.8. The Morgan fingerprint density at radius 2 is 2.11 bits per heavy atom. The standard InChI is InChI=1S/C15H23N3O/c1-11-6-5-7-13(16)14(11)15(19)17-12(2)10-18-8-3-4-9-18/h5-7,12H,3-4,8-10,16H2,1-2H3,(H,17,19). The molecular weight excluding hydrogens is 238 g/mol. The number of nitrogen functional groups attached to an aromatic ring is 1. The van der Waals surface area contributed by atoms with Crippen molar-refractivity contribution in [1.82, 2.24) is 10.2 Å². The first-order valence-corrected chi connectivity index (χ1v) is 6.96. The van der Waals surface area contributed by atoms with Crippen molar-refractivity contribution in [2.45, 2.75) is 32.7 Å². The van der Waals surface area contributed by atoms with Gasteiger partial charge < -0.3 is 16.0 Å². The highest BCUT2D eigenvalue weighted by Crippen LogP contribution is 2.16. The zero-order chi connectivity index (χ0) is 13.8. The number of rotatable bonds is 4. The molecule has 4 heteroatoms. The molecule has 0 aromatic heterocycles. The van der Waals surface area contributed by atoms with Gasteiger partial charge in [-0.15, -0.1) is 0 Å². The highest BCUT2D eigenvalue weighted by atomic mass is 16.1. The Balaban J connectivity index is 1.96. The Morgan fingerprint density at radius 3 is 2.74 bits per heavy atom. The van der Waals surface area contributed by atoms with Crippen LogP contribution >= 0.6 is 0 Å².